The Balaban J connectivity index is 1.26. The molecule has 7 nitrogen and oxygen atoms in total. The Labute approximate surface area is 177 Å². The number of nitrogens with zero attached hydrogens (tertiary/aromatic N) is 2. The molecule has 1 aromatic carbocycles. The molecule has 3 fully saturated rings. The van der Waals surface area contributed by atoms with Crippen LogP contribution in [0.3, 0.4) is 0 Å². The second kappa shape index (κ2) is 8.80. The summed E-state index contributed by atoms with van der Waals surface area (Å²) >= 11 is 0. The summed E-state index contributed by atoms with van der Waals surface area (Å²) < 4.78 is 49.7. The first-order valence-electron chi connectivity index (χ1n) is 10.6. The highest BCUT2D eigenvalue weighted by atomic mass is 32.2. The van der Waals surface area contributed by atoms with Crippen molar-refractivity contribution in [2.24, 2.45) is 0 Å². The highest BCUT2D eigenvalue weighted by molar-refractivity contribution is 7.88. The van der Waals surface area contributed by atoms with E-state index in [0.29, 0.717) is 31.7 Å². The molecule has 2 bridgehead atoms. The number of amides is 1. The van der Waals surface area contributed by atoms with Gasteiger partial charge in [-0.2, -0.15) is 0 Å². The molecule has 1 unspecified atom stereocenters. The summed E-state index contributed by atoms with van der Waals surface area (Å²) in [6.45, 7) is 0.969. The maximum Gasteiger partial charge on any atom is 0.261 e. The molecule has 3 aliphatic heterocycles. The summed E-state index contributed by atoms with van der Waals surface area (Å²) in [6.07, 6.45) is 6.43. The Hall–Kier alpha value is -1.71. The molecule has 1 aromatic rings. The lowest BCUT2D eigenvalue weighted by atomic mass is 9.98. The Morgan fingerprint density at radius 3 is 2.20 bits per heavy atom. The average Bonchev–Trinajstić information content (AvgIpc) is 2.98. The molecule has 0 N–H and O–H groups in total. The molecule has 0 aliphatic carbocycles. The molecule has 3 heterocycles. The quantitative estimate of drug-likeness (QED) is 0.678. The van der Waals surface area contributed by atoms with Crippen LogP contribution < -0.4 is 4.74 Å². The number of piperidine rings is 2. The molecule has 4 rings (SSSR count). The molecular weight excluding hydrogens is 411 g/mol. The van der Waals surface area contributed by atoms with Gasteiger partial charge in [-0.25, -0.2) is 17.1 Å². The molecule has 30 heavy (non-hydrogen) atoms. The van der Waals surface area contributed by atoms with Crippen LogP contribution in [0, 0.1) is 5.82 Å². The lowest BCUT2D eigenvalue weighted by Gasteiger charge is -2.41. The minimum Gasteiger partial charge on any atom is -0.484 e. The van der Waals surface area contributed by atoms with E-state index in [0.717, 1.165) is 25.7 Å². The number of rotatable bonds is 6. The van der Waals surface area contributed by atoms with E-state index in [9.17, 15) is 17.6 Å². The molecule has 3 aliphatic rings. The van der Waals surface area contributed by atoms with E-state index in [1.807, 2.05) is 4.90 Å². The summed E-state index contributed by atoms with van der Waals surface area (Å²) in [4.78, 5) is 14.7. The second-order valence-corrected chi connectivity index (χ2v) is 10.5. The highest BCUT2D eigenvalue weighted by Gasteiger charge is 2.44. The van der Waals surface area contributed by atoms with E-state index in [-0.39, 0.29) is 42.6 Å². The highest BCUT2D eigenvalue weighted by Crippen LogP contribution is 2.38. The standard InChI is InChI=1S/C21H29FN2O5S/c1-30(26,27)23-10-8-19(9-11-23)29-20-12-16-4-5-17(13-20)24(16)21(25)14-28-18-6-2-15(22)3-7-18/h2-3,6-7,16-17,19-20H,4-5,8-14H2,1H3/t16-,17+,20?. The van der Waals surface area contributed by atoms with Gasteiger partial charge in [0.15, 0.2) is 6.61 Å². The number of benzene rings is 1. The van der Waals surface area contributed by atoms with E-state index in [1.54, 1.807) is 0 Å². The summed E-state index contributed by atoms with van der Waals surface area (Å²) in [6, 6.07) is 5.99. The summed E-state index contributed by atoms with van der Waals surface area (Å²) in [5.41, 5.74) is 0. The van der Waals surface area contributed by atoms with Gasteiger partial charge < -0.3 is 14.4 Å². The Kier molecular flexibility index (Phi) is 6.31. The molecule has 3 atom stereocenters. The molecule has 0 radical (unpaired) electrons. The Morgan fingerprint density at radius 2 is 1.63 bits per heavy atom. The molecule has 0 aromatic heterocycles. The normalized spacial score (nSPS) is 27.9. The van der Waals surface area contributed by atoms with Crippen molar-refractivity contribution in [1.82, 2.24) is 9.21 Å². The third-order valence-corrected chi connectivity index (χ3v) is 7.71. The van der Waals surface area contributed by atoms with Gasteiger partial charge in [0.05, 0.1) is 18.5 Å². The van der Waals surface area contributed by atoms with Crippen LogP contribution in [0.4, 0.5) is 4.39 Å². The fraction of sp³-hybridized carbons (Fsp3) is 0.667. The average molecular weight is 441 g/mol. The fourth-order valence-electron chi connectivity index (χ4n) is 4.97. The number of halogens is 1. The fourth-order valence-corrected chi connectivity index (χ4v) is 5.84. The van der Waals surface area contributed by atoms with Crippen LogP contribution in [-0.2, 0) is 19.6 Å². The third kappa shape index (κ3) is 4.95. The molecule has 3 saturated heterocycles. The summed E-state index contributed by atoms with van der Waals surface area (Å²) in [5, 5.41) is 0. The van der Waals surface area contributed by atoms with Crippen molar-refractivity contribution >= 4 is 15.9 Å². The number of carbonyl (C=O) groups is 1. The van der Waals surface area contributed by atoms with Gasteiger partial charge in [-0.15, -0.1) is 0 Å². The summed E-state index contributed by atoms with van der Waals surface area (Å²) in [5.74, 6) is 0.110. The second-order valence-electron chi connectivity index (χ2n) is 8.52. The smallest absolute Gasteiger partial charge is 0.261 e. The van der Waals surface area contributed by atoms with Gasteiger partial charge in [0, 0.05) is 25.2 Å². The van der Waals surface area contributed by atoms with Gasteiger partial charge in [0.1, 0.15) is 11.6 Å². The first kappa shape index (κ1) is 21.5. The van der Waals surface area contributed by atoms with Crippen LogP contribution >= 0.6 is 0 Å². The Morgan fingerprint density at radius 1 is 1.03 bits per heavy atom. The van der Waals surface area contributed by atoms with Crippen molar-refractivity contribution in [3.8, 4) is 5.75 Å². The molecular formula is C21H29FN2O5S. The minimum absolute atomic E-state index is 0.0354. The van der Waals surface area contributed by atoms with E-state index in [4.69, 9.17) is 9.47 Å². The SMILES string of the molecule is CS(=O)(=O)N1CCC(OC2C[C@H]3CC[C@@H](C2)N3C(=O)COc2ccc(F)cc2)CC1. The number of fused-ring (bicyclic) bond motifs is 2. The van der Waals surface area contributed by atoms with Crippen molar-refractivity contribution in [3.05, 3.63) is 30.1 Å². The maximum atomic E-state index is 13.0. The van der Waals surface area contributed by atoms with Crippen LogP contribution in [0.25, 0.3) is 0 Å². The zero-order valence-corrected chi connectivity index (χ0v) is 18.0. The summed E-state index contributed by atoms with van der Waals surface area (Å²) in [7, 11) is -3.13. The molecule has 1 amide bonds. The first-order chi connectivity index (χ1) is 14.3. The molecule has 0 spiro atoms. The third-order valence-electron chi connectivity index (χ3n) is 6.41. The maximum absolute atomic E-state index is 13.0. The Bertz CT molecular complexity index is 841. The first-order valence-corrected chi connectivity index (χ1v) is 12.4. The van der Waals surface area contributed by atoms with Crippen molar-refractivity contribution < 1.29 is 27.1 Å². The topological polar surface area (TPSA) is 76.2 Å². The zero-order valence-electron chi connectivity index (χ0n) is 17.2. The largest absolute Gasteiger partial charge is 0.484 e. The lowest BCUT2D eigenvalue weighted by molar-refractivity contribution is -0.142. The number of carbonyl (C=O) groups excluding carboxylic acids is 1. The molecule has 0 saturated carbocycles. The van der Waals surface area contributed by atoms with Crippen LogP contribution in [0.2, 0.25) is 0 Å². The van der Waals surface area contributed by atoms with Crippen molar-refractivity contribution in [3.63, 3.8) is 0 Å². The van der Waals surface area contributed by atoms with Gasteiger partial charge in [0.25, 0.3) is 5.91 Å². The van der Waals surface area contributed by atoms with E-state index in [2.05, 4.69) is 0 Å². The van der Waals surface area contributed by atoms with Gasteiger partial charge in [-0.05, 0) is 62.8 Å². The lowest BCUT2D eigenvalue weighted by Crippen LogP contribution is -2.51. The van der Waals surface area contributed by atoms with Gasteiger partial charge >= 0.3 is 0 Å². The minimum atomic E-state index is -3.13. The van der Waals surface area contributed by atoms with Gasteiger partial charge in [0.2, 0.25) is 10.0 Å². The van der Waals surface area contributed by atoms with Crippen LogP contribution in [0.5, 0.6) is 5.75 Å². The molecule has 9 heteroatoms. The van der Waals surface area contributed by atoms with Gasteiger partial charge in [-0.3, -0.25) is 4.79 Å². The van der Waals surface area contributed by atoms with Crippen LogP contribution in [0.15, 0.2) is 24.3 Å². The van der Waals surface area contributed by atoms with E-state index >= 15 is 0 Å². The monoisotopic (exact) mass is 440 g/mol. The van der Waals surface area contributed by atoms with Gasteiger partial charge in [-0.1, -0.05) is 0 Å². The van der Waals surface area contributed by atoms with E-state index < -0.39 is 10.0 Å². The zero-order chi connectivity index (χ0) is 21.3. The number of sulfonamides is 1. The van der Waals surface area contributed by atoms with Crippen LogP contribution in [-0.4, -0.2) is 73.8 Å². The number of hydrogen-bond donors (Lipinski definition) is 0. The predicted molar refractivity (Wildman–Crippen MR) is 109 cm³/mol. The van der Waals surface area contributed by atoms with Crippen molar-refractivity contribution in [2.75, 3.05) is 26.0 Å². The van der Waals surface area contributed by atoms with Crippen LogP contribution in [0.1, 0.15) is 38.5 Å². The molecule has 166 valence electrons. The van der Waals surface area contributed by atoms with Crippen molar-refractivity contribution in [1.29, 1.82) is 0 Å². The predicted octanol–water partition coefficient (Wildman–Crippen LogP) is 2.17. The number of hydrogen-bond acceptors (Lipinski definition) is 5. The van der Waals surface area contributed by atoms with E-state index in [1.165, 1.54) is 34.8 Å². The van der Waals surface area contributed by atoms with Crippen molar-refractivity contribution in [2.45, 2.75) is 62.8 Å². The number of ether oxygens (including phenoxy) is 2.